The molecule has 3 nitrogen and oxygen atoms in total. The van der Waals surface area contributed by atoms with Crippen LogP contribution in [-0.4, -0.2) is 19.3 Å². The Morgan fingerprint density at radius 3 is 2.40 bits per heavy atom. The van der Waals surface area contributed by atoms with Crippen molar-refractivity contribution in [3.05, 3.63) is 29.8 Å². The van der Waals surface area contributed by atoms with E-state index in [0.29, 0.717) is 6.10 Å². The predicted octanol–water partition coefficient (Wildman–Crippen LogP) is 3.68. The van der Waals surface area contributed by atoms with E-state index in [4.69, 9.17) is 15.2 Å². The molecule has 2 N–H and O–H groups in total. The van der Waals surface area contributed by atoms with Crippen LogP contribution in [0.2, 0.25) is 0 Å². The van der Waals surface area contributed by atoms with Crippen molar-refractivity contribution in [1.82, 2.24) is 0 Å². The molecule has 1 aliphatic carbocycles. The van der Waals surface area contributed by atoms with Crippen molar-refractivity contribution >= 4 is 0 Å². The summed E-state index contributed by atoms with van der Waals surface area (Å²) in [5.41, 5.74) is 7.22. The fourth-order valence-corrected chi connectivity index (χ4v) is 2.95. The van der Waals surface area contributed by atoms with Crippen LogP contribution >= 0.6 is 0 Å². The van der Waals surface area contributed by atoms with E-state index >= 15 is 0 Å². The first-order valence-corrected chi connectivity index (χ1v) is 7.65. The van der Waals surface area contributed by atoms with Crippen molar-refractivity contribution in [3.63, 3.8) is 0 Å². The average molecular weight is 277 g/mol. The van der Waals surface area contributed by atoms with Gasteiger partial charge in [0.25, 0.3) is 0 Å². The van der Waals surface area contributed by atoms with Gasteiger partial charge in [-0.15, -0.1) is 0 Å². The van der Waals surface area contributed by atoms with E-state index in [9.17, 15) is 0 Å². The van der Waals surface area contributed by atoms with Crippen molar-refractivity contribution in [1.29, 1.82) is 0 Å². The highest BCUT2D eigenvalue weighted by molar-refractivity contribution is 5.35. The smallest absolute Gasteiger partial charge is 0.124 e. The lowest BCUT2D eigenvalue weighted by Gasteiger charge is -2.32. The monoisotopic (exact) mass is 277 g/mol. The molecule has 1 saturated carbocycles. The number of rotatable bonds is 5. The Bertz CT molecular complexity index is 411. The third-order valence-corrected chi connectivity index (χ3v) is 4.22. The van der Waals surface area contributed by atoms with Crippen LogP contribution in [0, 0.1) is 5.92 Å². The molecule has 0 spiro atoms. The van der Waals surface area contributed by atoms with Gasteiger partial charge in [0.1, 0.15) is 11.9 Å². The van der Waals surface area contributed by atoms with Crippen molar-refractivity contribution in [2.75, 3.05) is 7.11 Å². The minimum absolute atomic E-state index is 0.0503. The van der Waals surface area contributed by atoms with Gasteiger partial charge in [-0.1, -0.05) is 25.1 Å². The molecule has 1 fully saturated rings. The summed E-state index contributed by atoms with van der Waals surface area (Å²) in [4.78, 5) is 0. The minimum Gasteiger partial charge on any atom is -0.496 e. The Kier molecular flexibility index (Phi) is 5.44. The minimum atomic E-state index is -0.0930. The number of hydrogen-bond donors (Lipinski definition) is 1. The number of para-hydroxylation sites is 1. The summed E-state index contributed by atoms with van der Waals surface area (Å²) < 4.78 is 11.8. The highest BCUT2D eigenvalue weighted by atomic mass is 16.5. The molecule has 2 rings (SSSR count). The Morgan fingerprint density at radius 2 is 1.80 bits per heavy atom. The Balaban J connectivity index is 2.11. The fraction of sp³-hybridized carbons (Fsp3) is 0.647. The van der Waals surface area contributed by atoms with Crippen molar-refractivity contribution in [2.45, 2.75) is 57.8 Å². The number of benzene rings is 1. The van der Waals surface area contributed by atoms with Crippen LogP contribution in [0.4, 0.5) is 0 Å². The summed E-state index contributed by atoms with van der Waals surface area (Å²) in [5, 5.41) is 0. The quantitative estimate of drug-likeness (QED) is 0.893. The molecule has 20 heavy (non-hydrogen) atoms. The predicted molar refractivity (Wildman–Crippen MR) is 81.9 cm³/mol. The SMILES string of the molecule is COc1ccccc1C(OC1CCC(C)CC1)C(C)N. The second-order valence-corrected chi connectivity index (χ2v) is 6.04. The molecular formula is C17H27NO2. The summed E-state index contributed by atoms with van der Waals surface area (Å²) in [6.07, 6.45) is 5.01. The molecule has 0 aromatic heterocycles. The van der Waals surface area contributed by atoms with Gasteiger partial charge in [-0.05, 0) is 44.6 Å². The molecule has 3 heteroatoms. The highest BCUT2D eigenvalue weighted by Crippen LogP contribution is 2.34. The molecular weight excluding hydrogens is 250 g/mol. The second kappa shape index (κ2) is 7.09. The van der Waals surface area contributed by atoms with Gasteiger partial charge in [-0.3, -0.25) is 0 Å². The van der Waals surface area contributed by atoms with Gasteiger partial charge >= 0.3 is 0 Å². The molecule has 2 atom stereocenters. The zero-order valence-corrected chi connectivity index (χ0v) is 12.8. The zero-order chi connectivity index (χ0) is 14.5. The molecule has 0 amide bonds. The van der Waals surface area contributed by atoms with Crippen LogP contribution in [0.5, 0.6) is 5.75 Å². The zero-order valence-electron chi connectivity index (χ0n) is 12.8. The Labute approximate surface area is 122 Å². The van der Waals surface area contributed by atoms with E-state index in [1.807, 2.05) is 25.1 Å². The van der Waals surface area contributed by atoms with Crippen LogP contribution < -0.4 is 10.5 Å². The second-order valence-electron chi connectivity index (χ2n) is 6.04. The summed E-state index contributed by atoms with van der Waals surface area (Å²) in [7, 11) is 1.69. The van der Waals surface area contributed by atoms with Crippen molar-refractivity contribution in [2.24, 2.45) is 11.7 Å². The Morgan fingerprint density at radius 1 is 1.15 bits per heavy atom. The van der Waals surface area contributed by atoms with Crippen LogP contribution in [-0.2, 0) is 4.74 Å². The number of nitrogens with two attached hydrogens (primary N) is 1. The third kappa shape index (κ3) is 3.74. The van der Waals surface area contributed by atoms with Crippen LogP contribution in [0.3, 0.4) is 0 Å². The van der Waals surface area contributed by atoms with E-state index in [-0.39, 0.29) is 12.1 Å². The van der Waals surface area contributed by atoms with Crippen LogP contribution in [0.25, 0.3) is 0 Å². The van der Waals surface area contributed by atoms with Gasteiger partial charge < -0.3 is 15.2 Å². The largest absolute Gasteiger partial charge is 0.496 e. The molecule has 112 valence electrons. The standard InChI is InChI=1S/C17H27NO2/c1-12-8-10-14(11-9-12)20-17(13(2)18)15-6-4-5-7-16(15)19-3/h4-7,12-14,17H,8-11,18H2,1-3H3. The van der Waals surface area contributed by atoms with Gasteiger partial charge in [-0.25, -0.2) is 0 Å². The molecule has 0 radical (unpaired) electrons. The maximum atomic E-state index is 6.32. The Hall–Kier alpha value is -1.06. The maximum Gasteiger partial charge on any atom is 0.124 e. The van der Waals surface area contributed by atoms with Gasteiger partial charge in [0, 0.05) is 11.6 Å². The normalized spacial score (nSPS) is 26.0. The van der Waals surface area contributed by atoms with Gasteiger partial charge in [0.2, 0.25) is 0 Å². The summed E-state index contributed by atoms with van der Waals surface area (Å²) in [6, 6.07) is 7.96. The summed E-state index contributed by atoms with van der Waals surface area (Å²) in [5.74, 6) is 1.69. The molecule has 0 saturated heterocycles. The van der Waals surface area contributed by atoms with Gasteiger partial charge in [0.15, 0.2) is 0 Å². The average Bonchev–Trinajstić information content (AvgIpc) is 2.46. The first kappa shape index (κ1) is 15.3. The molecule has 1 aromatic carbocycles. The van der Waals surface area contributed by atoms with E-state index in [1.165, 1.54) is 12.8 Å². The first-order chi connectivity index (χ1) is 9.61. The maximum absolute atomic E-state index is 6.32. The van der Waals surface area contributed by atoms with E-state index < -0.39 is 0 Å². The number of methoxy groups -OCH3 is 1. The molecule has 0 bridgehead atoms. The summed E-state index contributed by atoms with van der Waals surface area (Å²) >= 11 is 0. The van der Waals surface area contributed by atoms with E-state index in [2.05, 4.69) is 13.0 Å². The van der Waals surface area contributed by atoms with Crippen molar-refractivity contribution < 1.29 is 9.47 Å². The fourth-order valence-electron chi connectivity index (χ4n) is 2.95. The molecule has 2 unspecified atom stereocenters. The number of ether oxygens (including phenoxy) is 2. The topological polar surface area (TPSA) is 44.5 Å². The highest BCUT2D eigenvalue weighted by Gasteiger charge is 2.26. The summed E-state index contributed by atoms with van der Waals surface area (Å²) in [6.45, 7) is 4.32. The lowest BCUT2D eigenvalue weighted by atomic mass is 9.88. The lowest BCUT2D eigenvalue weighted by molar-refractivity contribution is -0.0467. The van der Waals surface area contributed by atoms with Gasteiger partial charge in [-0.2, -0.15) is 0 Å². The van der Waals surface area contributed by atoms with E-state index in [0.717, 1.165) is 30.1 Å². The number of hydrogen-bond acceptors (Lipinski definition) is 3. The van der Waals surface area contributed by atoms with Gasteiger partial charge in [0.05, 0.1) is 13.2 Å². The molecule has 0 aliphatic heterocycles. The van der Waals surface area contributed by atoms with Crippen molar-refractivity contribution in [3.8, 4) is 5.75 Å². The van der Waals surface area contributed by atoms with E-state index in [1.54, 1.807) is 7.11 Å². The van der Waals surface area contributed by atoms with Crippen LogP contribution in [0.1, 0.15) is 51.2 Å². The third-order valence-electron chi connectivity index (χ3n) is 4.22. The molecule has 1 aromatic rings. The lowest BCUT2D eigenvalue weighted by Crippen LogP contribution is -2.32. The first-order valence-electron chi connectivity index (χ1n) is 7.65. The molecule has 0 heterocycles. The molecule has 1 aliphatic rings. The van der Waals surface area contributed by atoms with Crippen LogP contribution in [0.15, 0.2) is 24.3 Å².